The molecule has 0 spiro atoms. The van der Waals surface area contributed by atoms with E-state index in [1.807, 2.05) is 26.0 Å². The van der Waals surface area contributed by atoms with Gasteiger partial charge < -0.3 is 11.5 Å². The van der Waals surface area contributed by atoms with Gasteiger partial charge in [0.1, 0.15) is 0 Å². The first kappa shape index (κ1) is 10.2. The first-order valence-electron chi connectivity index (χ1n) is 4.22. The fourth-order valence-corrected chi connectivity index (χ4v) is 1.14. The van der Waals surface area contributed by atoms with Gasteiger partial charge in [0.2, 0.25) is 0 Å². The van der Waals surface area contributed by atoms with Crippen molar-refractivity contribution < 1.29 is 4.79 Å². The monoisotopic (exact) mass is 191 g/mol. The average Bonchev–Trinajstić information content (AvgIpc) is 2.08. The van der Waals surface area contributed by atoms with E-state index < -0.39 is 5.91 Å². The second kappa shape index (κ2) is 3.91. The first-order valence-corrected chi connectivity index (χ1v) is 4.22. The molecular weight excluding hydrogens is 178 g/mol. The van der Waals surface area contributed by atoms with E-state index in [1.165, 1.54) is 0 Å². The van der Waals surface area contributed by atoms with Crippen molar-refractivity contribution in [2.45, 2.75) is 13.8 Å². The van der Waals surface area contributed by atoms with Crippen LogP contribution in [-0.2, 0) is 0 Å². The van der Waals surface area contributed by atoms with Crippen molar-refractivity contribution in [2.24, 2.45) is 16.5 Å². The SMILES string of the molecule is Cc1ccc(C)c(C(=O)N=C(N)N)c1. The van der Waals surface area contributed by atoms with E-state index in [4.69, 9.17) is 11.5 Å². The van der Waals surface area contributed by atoms with Crippen LogP contribution in [0.3, 0.4) is 0 Å². The molecular formula is C10H13N3O. The Hall–Kier alpha value is -1.84. The number of benzene rings is 1. The lowest BCUT2D eigenvalue weighted by molar-refractivity contribution is 0.100. The van der Waals surface area contributed by atoms with Gasteiger partial charge in [-0.05, 0) is 25.5 Å². The van der Waals surface area contributed by atoms with E-state index in [2.05, 4.69) is 4.99 Å². The van der Waals surface area contributed by atoms with Gasteiger partial charge in [-0.25, -0.2) is 0 Å². The minimum Gasteiger partial charge on any atom is -0.370 e. The van der Waals surface area contributed by atoms with Crippen LogP contribution in [0, 0.1) is 13.8 Å². The average molecular weight is 191 g/mol. The van der Waals surface area contributed by atoms with Gasteiger partial charge in [-0.1, -0.05) is 17.7 Å². The van der Waals surface area contributed by atoms with Crippen LogP contribution in [0.15, 0.2) is 23.2 Å². The normalized spacial score (nSPS) is 9.57. The number of carbonyl (C=O) groups is 1. The molecule has 4 heteroatoms. The Kier molecular flexibility index (Phi) is 2.86. The van der Waals surface area contributed by atoms with Crippen LogP contribution in [0.1, 0.15) is 21.5 Å². The molecule has 0 aliphatic rings. The van der Waals surface area contributed by atoms with Crippen molar-refractivity contribution in [3.8, 4) is 0 Å². The molecule has 1 aromatic rings. The van der Waals surface area contributed by atoms with E-state index in [0.717, 1.165) is 11.1 Å². The number of amides is 1. The zero-order valence-electron chi connectivity index (χ0n) is 8.24. The van der Waals surface area contributed by atoms with Crippen molar-refractivity contribution in [2.75, 3.05) is 0 Å². The summed E-state index contributed by atoms with van der Waals surface area (Å²) in [5, 5.41) is 0. The van der Waals surface area contributed by atoms with Crippen LogP contribution in [0.25, 0.3) is 0 Å². The van der Waals surface area contributed by atoms with Crippen molar-refractivity contribution in [1.29, 1.82) is 0 Å². The Labute approximate surface area is 82.6 Å². The van der Waals surface area contributed by atoms with Crippen LogP contribution < -0.4 is 11.5 Å². The molecule has 74 valence electrons. The highest BCUT2D eigenvalue weighted by Crippen LogP contribution is 2.11. The van der Waals surface area contributed by atoms with E-state index in [-0.39, 0.29) is 5.96 Å². The highest BCUT2D eigenvalue weighted by molar-refractivity contribution is 6.02. The molecule has 0 saturated carbocycles. The third-order valence-corrected chi connectivity index (χ3v) is 1.85. The van der Waals surface area contributed by atoms with Crippen molar-refractivity contribution >= 4 is 11.9 Å². The number of rotatable bonds is 1. The Balaban J connectivity index is 3.12. The predicted octanol–water partition coefficient (Wildman–Crippen LogP) is 0.717. The summed E-state index contributed by atoms with van der Waals surface area (Å²) >= 11 is 0. The Morgan fingerprint density at radius 2 is 1.93 bits per heavy atom. The van der Waals surface area contributed by atoms with Gasteiger partial charge in [-0.2, -0.15) is 4.99 Å². The molecule has 0 saturated heterocycles. The maximum atomic E-state index is 11.5. The topological polar surface area (TPSA) is 81.5 Å². The molecule has 1 amide bonds. The number of carbonyl (C=O) groups excluding carboxylic acids is 1. The highest BCUT2D eigenvalue weighted by Gasteiger charge is 2.07. The summed E-state index contributed by atoms with van der Waals surface area (Å²) in [5.74, 6) is -0.609. The van der Waals surface area contributed by atoms with Gasteiger partial charge in [0.15, 0.2) is 5.96 Å². The number of hydrogen-bond acceptors (Lipinski definition) is 1. The standard InChI is InChI=1S/C10H13N3O/c1-6-3-4-7(2)8(5-6)9(14)13-10(11)12/h3-5H,1-2H3,(H4,11,12,13,14). The maximum absolute atomic E-state index is 11.5. The van der Waals surface area contributed by atoms with Crippen LogP contribution in [0.2, 0.25) is 0 Å². The molecule has 0 atom stereocenters. The Morgan fingerprint density at radius 3 is 2.50 bits per heavy atom. The largest absolute Gasteiger partial charge is 0.370 e. The number of nitrogens with zero attached hydrogens (tertiary/aromatic N) is 1. The summed E-state index contributed by atoms with van der Waals surface area (Å²) in [4.78, 5) is 15.0. The van der Waals surface area contributed by atoms with Crippen molar-refractivity contribution in [1.82, 2.24) is 0 Å². The van der Waals surface area contributed by atoms with E-state index >= 15 is 0 Å². The molecule has 0 fully saturated rings. The number of guanidine groups is 1. The van der Waals surface area contributed by atoms with Crippen LogP contribution >= 0.6 is 0 Å². The van der Waals surface area contributed by atoms with Crippen LogP contribution in [-0.4, -0.2) is 11.9 Å². The molecule has 0 aliphatic heterocycles. The summed E-state index contributed by atoms with van der Waals surface area (Å²) in [6.45, 7) is 3.75. The zero-order valence-corrected chi connectivity index (χ0v) is 8.24. The molecule has 4 nitrogen and oxygen atoms in total. The first-order chi connectivity index (χ1) is 6.50. The molecule has 0 aliphatic carbocycles. The maximum Gasteiger partial charge on any atom is 0.280 e. The van der Waals surface area contributed by atoms with Gasteiger partial charge in [0.25, 0.3) is 5.91 Å². The summed E-state index contributed by atoms with van der Waals surface area (Å²) in [6.07, 6.45) is 0. The Bertz CT molecular complexity index is 392. The lowest BCUT2D eigenvalue weighted by atomic mass is 10.1. The van der Waals surface area contributed by atoms with Crippen molar-refractivity contribution in [3.63, 3.8) is 0 Å². The second-order valence-electron chi connectivity index (χ2n) is 3.16. The molecule has 1 aromatic carbocycles. The summed E-state index contributed by atoms with van der Waals surface area (Å²) in [7, 11) is 0. The molecule has 0 radical (unpaired) electrons. The van der Waals surface area contributed by atoms with Crippen molar-refractivity contribution in [3.05, 3.63) is 34.9 Å². The number of aliphatic imine (C=N–C) groups is 1. The molecule has 0 unspecified atom stereocenters. The van der Waals surface area contributed by atoms with Gasteiger partial charge in [0.05, 0.1) is 0 Å². The second-order valence-corrected chi connectivity index (χ2v) is 3.16. The molecule has 4 N–H and O–H groups in total. The molecule has 0 heterocycles. The predicted molar refractivity (Wildman–Crippen MR) is 56.1 cm³/mol. The molecule has 0 bridgehead atoms. The quantitative estimate of drug-likeness (QED) is 0.507. The minimum absolute atomic E-state index is 0.212. The Morgan fingerprint density at radius 1 is 1.29 bits per heavy atom. The fourth-order valence-electron chi connectivity index (χ4n) is 1.14. The fraction of sp³-hybridized carbons (Fsp3) is 0.200. The highest BCUT2D eigenvalue weighted by atomic mass is 16.1. The van der Waals surface area contributed by atoms with Gasteiger partial charge in [-0.15, -0.1) is 0 Å². The smallest absolute Gasteiger partial charge is 0.280 e. The lowest BCUT2D eigenvalue weighted by Gasteiger charge is -2.02. The summed E-state index contributed by atoms with van der Waals surface area (Å²) in [6, 6.07) is 5.57. The van der Waals surface area contributed by atoms with Gasteiger partial charge in [-0.3, -0.25) is 4.79 Å². The molecule has 14 heavy (non-hydrogen) atoms. The van der Waals surface area contributed by atoms with Crippen LogP contribution in [0.5, 0.6) is 0 Å². The van der Waals surface area contributed by atoms with E-state index in [0.29, 0.717) is 5.56 Å². The van der Waals surface area contributed by atoms with E-state index in [1.54, 1.807) is 6.07 Å². The molecule has 0 aromatic heterocycles. The third kappa shape index (κ3) is 2.32. The van der Waals surface area contributed by atoms with Gasteiger partial charge in [0, 0.05) is 5.56 Å². The summed E-state index contributed by atoms with van der Waals surface area (Å²) in [5.41, 5.74) is 12.7. The number of aryl methyl sites for hydroxylation is 2. The van der Waals surface area contributed by atoms with Gasteiger partial charge >= 0.3 is 0 Å². The number of hydrogen-bond donors (Lipinski definition) is 2. The van der Waals surface area contributed by atoms with Crippen LogP contribution in [0.4, 0.5) is 0 Å². The molecule has 1 rings (SSSR count). The third-order valence-electron chi connectivity index (χ3n) is 1.85. The lowest BCUT2D eigenvalue weighted by Crippen LogP contribution is -2.24. The number of nitrogens with two attached hydrogens (primary N) is 2. The summed E-state index contributed by atoms with van der Waals surface area (Å²) < 4.78 is 0. The minimum atomic E-state index is -0.397. The zero-order chi connectivity index (χ0) is 10.7. The van der Waals surface area contributed by atoms with E-state index in [9.17, 15) is 4.79 Å².